The molecular formula is C47H58O5Si. The number of methoxy groups -OCH3 is 1. The molecule has 0 saturated heterocycles. The molecule has 280 valence electrons. The predicted molar refractivity (Wildman–Crippen MR) is 219 cm³/mol. The lowest BCUT2D eigenvalue weighted by Crippen LogP contribution is -2.67. The van der Waals surface area contributed by atoms with E-state index < -0.39 is 8.32 Å². The van der Waals surface area contributed by atoms with Gasteiger partial charge in [0.05, 0.1) is 45.2 Å². The summed E-state index contributed by atoms with van der Waals surface area (Å²) < 4.78 is 34.0. The molecule has 53 heavy (non-hydrogen) atoms. The Morgan fingerprint density at radius 2 is 0.906 bits per heavy atom. The van der Waals surface area contributed by atoms with Crippen molar-refractivity contribution < 1.29 is 23.4 Å². The Balaban J connectivity index is 1.46. The lowest BCUT2D eigenvalue weighted by atomic mass is 9.87. The van der Waals surface area contributed by atoms with Gasteiger partial charge in [-0.05, 0) is 32.1 Å². The summed E-state index contributed by atoms with van der Waals surface area (Å²) in [4.78, 5) is 0. The van der Waals surface area contributed by atoms with Crippen molar-refractivity contribution in [3.63, 3.8) is 0 Å². The van der Waals surface area contributed by atoms with Gasteiger partial charge in [-0.15, -0.1) is 0 Å². The van der Waals surface area contributed by atoms with E-state index in [-0.39, 0.29) is 35.2 Å². The zero-order valence-electron chi connectivity index (χ0n) is 32.4. The van der Waals surface area contributed by atoms with Crippen molar-refractivity contribution >= 4 is 18.7 Å². The van der Waals surface area contributed by atoms with E-state index >= 15 is 0 Å². The summed E-state index contributed by atoms with van der Waals surface area (Å²) in [7, 11) is -1.07. The Hall–Kier alpha value is -3.88. The van der Waals surface area contributed by atoms with Crippen LogP contribution in [0.25, 0.3) is 0 Å². The van der Waals surface area contributed by atoms with Gasteiger partial charge >= 0.3 is 0 Å². The summed E-state index contributed by atoms with van der Waals surface area (Å²) in [5.74, 6) is -0.0131. The van der Waals surface area contributed by atoms with Crippen molar-refractivity contribution in [3.8, 4) is 0 Å². The quantitative estimate of drug-likeness (QED) is 0.0748. The van der Waals surface area contributed by atoms with Gasteiger partial charge in [0.1, 0.15) is 6.10 Å². The van der Waals surface area contributed by atoms with E-state index in [2.05, 4.69) is 156 Å². The highest BCUT2D eigenvalue weighted by molar-refractivity contribution is 6.99. The molecule has 0 bridgehead atoms. The van der Waals surface area contributed by atoms with E-state index in [0.717, 1.165) is 16.7 Å². The van der Waals surface area contributed by atoms with Crippen LogP contribution < -0.4 is 10.4 Å². The smallest absolute Gasteiger partial charge is 0.261 e. The zero-order valence-corrected chi connectivity index (χ0v) is 33.4. The van der Waals surface area contributed by atoms with Gasteiger partial charge < -0.3 is 23.4 Å². The third-order valence-corrected chi connectivity index (χ3v) is 15.2. The van der Waals surface area contributed by atoms with Crippen LogP contribution in [0.4, 0.5) is 0 Å². The summed E-state index contributed by atoms with van der Waals surface area (Å²) in [6.45, 7) is 13.7. The first-order valence-corrected chi connectivity index (χ1v) is 20.8. The van der Waals surface area contributed by atoms with Crippen LogP contribution in [0, 0.1) is 11.8 Å². The minimum atomic E-state index is -2.84. The van der Waals surface area contributed by atoms with Crippen molar-refractivity contribution in [2.45, 2.75) is 77.8 Å². The minimum absolute atomic E-state index is 0.0651. The second kappa shape index (κ2) is 20.0. The van der Waals surface area contributed by atoms with Crippen LogP contribution in [0.2, 0.25) is 5.04 Å². The van der Waals surface area contributed by atoms with E-state index in [1.54, 1.807) is 7.11 Å². The first-order valence-electron chi connectivity index (χ1n) is 18.9. The molecule has 0 fully saturated rings. The molecule has 0 radical (unpaired) electrons. The van der Waals surface area contributed by atoms with Crippen LogP contribution in [0.3, 0.4) is 0 Å². The Morgan fingerprint density at radius 3 is 1.32 bits per heavy atom. The largest absolute Gasteiger partial charge is 0.405 e. The average Bonchev–Trinajstić information content (AvgIpc) is 3.19. The molecule has 5 nitrogen and oxygen atoms in total. The topological polar surface area (TPSA) is 46.2 Å². The molecule has 0 amide bonds. The van der Waals surface area contributed by atoms with Gasteiger partial charge in [-0.1, -0.05) is 186 Å². The molecule has 5 aromatic carbocycles. The van der Waals surface area contributed by atoms with Crippen molar-refractivity contribution in [3.05, 3.63) is 168 Å². The van der Waals surface area contributed by atoms with E-state index in [1.807, 2.05) is 30.3 Å². The fourth-order valence-electron chi connectivity index (χ4n) is 7.45. The number of hydrogen-bond acceptors (Lipinski definition) is 5. The predicted octanol–water partition coefficient (Wildman–Crippen LogP) is 9.24. The summed E-state index contributed by atoms with van der Waals surface area (Å²) in [6, 6.07) is 52.5. The number of ether oxygens (including phenoxy) is 4. The van der Waals surface area contributed by atoms with Crippen molar-refractivity contribution in [1.29, 1.82) is 0 Å². The molecule has 5 rings (SSSR count). The maximum absolute atomic E-state index is 7.45. The highest BCUT2D eigenvalue weighted by atomic mass is 28.4. The lowest BCUT2D eigenvalue weighted by Gasteiger charge is -2.44. The van der Waals surface area contributed by atoms with Gasteiger partial charge in [0.15, 0.2) is 0 Å². The van der Waals surface area contributed by atoms with E-state index in [9.17, 15) is 0 Å². The van der Waals surface area contributed by atoms with Gasteiger partial charge in [-0.2, -0.15) is 0 Å². The average molecular weight is 731 g/mol. The van der Waals surface area contributed by atoms with Crippen LogP contribution in [0.1, 0.15) is 51.3 Å². The van der Waals surface area contributed by atoms with Crippen LogP contribution in [-0.4, -0.2) is 47.0 Å². The first kappa shape index (κ1) is 40.3. The molecule has 0 spiro atoms. The fourth-order valence-corrected chi connectivity index (χ4v) is 12.0. The highest BCUT2D eigenvalue weighted by Crippen LogP contribution is 2.37. The van der Waals surface area contributed by atoms with E-state index in [4.69, 9.17) is 23.4 Å². The zero-order chi connectivity index (χ0) is 37.5. The maximum Gasteiger partial charge on any atom is 0.261 e. The Bertz CT molecular complexity index is 1680. The summed E-state index contributed by atoms with van der Waals surface area (Å²) in [5.41, 5.74) is 3.38. The van der Waals surface area contributed by atoms with Crippen LogP contribution in [0.5, 0.6) is 0 Å². The molecule has 0 aliphatic heterocycles. The Labute approximate surface area is 319 Å². The molecule has 0 heterocycles. The molecule has 0 N–H and O–H groups in total. The molecule has 5 aromatic rings. The number of hydrogen-bond donors (Lipinski definition) is 0. The van der Waals surface area contributed by atoms with Crippen LogP contribution in [0.15, 0.2) is 152 Å². The SMILES string of the molecule is CO[C@@H](CO[Si](c1ccccc1)(c1ccccc1)C(C)(C)C)[C@@H](OCc1ccccc1)[C@H](C)[C@@H](OCc1ccccc1)[C@@H](C)COCc1ccccc1. The third-order valence-electron chi connectivity index (χ3n) is 10.2. The maximum atomic E-state index is 7.45. The molecule has 0 aliphatic rings. The van der Waals surface area contributed by atoms with Crippen molar-refractivity contribution in [1.82, 2.24) is 0 Å². The van der Waals surface area contributed by atoms with E-state index in [0.29, 0.717) is 33.0 Å². The van der Waals surface area contributed by atoms with Crippen molar-refractivity contribution in [2.75, 3.05) is 20.3 Å². The van der Waals surface area contributed by atoms with Crippen LogP contribution >= 0.6 is 0 Å². The second-order valence-electron chi connectivity index (χ2n) is 15.1. The number of rotatable bonds is 20. The third kappa shape index (κ3) is 10.8. The summed E-state index contributed by atoms with van der Waals surface area (Å²) in [5, 5.41) is 2.29. The lowest BCUT2D eigenvalue weighted by molar-refractivity contribution is -0.147. The summed E-state index contributed by atoms with van der Waals surface area (Å²) in [6.07, 6.45) is -0.927. The monoisotopic (exact) mass is 730 g/mol. The number of benzene rings is 5. The summed E-state index contributed by atoms with van der Waals surface area (Å²) >= 11 is 0. The highest BCUT2D eigenvalue weighted by Gasteiger charge is 2.51. The minimum Gasteiger partial charge on any atom is -0.405 e. The first-order chi connectivity index (χ1) is 25.7. The molecule has 6 heteroatoms. The molecule has 0 unspecified atom stereocenters. The van der Waals surface area contributed by atoms with E-state index in [1.165, 1.54) is 10.4 Å². The molecular weight excluding hydrogens is 673 g/mol. The molecule has 0 aliphatic carbocycles. The standard InChI is InChI=1S/C47H58O5Si/c1-37(32-49-33-39-22-12-7-13-23-39)45(50-34-40-24-14-8-15-25-40)38(2)46(51-35-41-26-16-9-17-27-41)44(48-6)36-52-53(47(3,4)5,42-28-18-10-19-29-42)43-30-20-11-21-31-43/h7-31,37-38,44-46H,32-36H2,1-6H3/t37-,38+,44-,45-,46-/m0/s1. The normalized spacial score (nSPS) is 15.0. The van der Waals surface area contributed by atoms with Gasteiger partial charge in [0.25, 0.3) is 8.32 Å². The molecule has 5 atom stereocenters. The van der Waals surface area contributed by atoms with Gasteiger partial charge in [0, 0.05) is 18.9 Å². The van der Waals surface area contributed by atoms with Gasteiger partial charge in [-0.3, -0.25) is 0 Å². The van der Waals surface area contributed by atoms with Crippen molar-refractivity contribution in [2.24, 2.45) is 11.8 Å². The molecule has 0 saturated carbocycles. The van der Waals surface area contributed by atoms with Gasteiger partial charge in [-0.25, -0.2) is 0 Å². The Morgan fingerprint density at radius 1 is 0.509 bits per heavy atom. The molecule has 0 aromatic heterocycles. The fraction of sp³-hybridized carbons (Fsp3) is 0.362. The second-order valence-corrected chi connectivity index (χ2v) is 19.4. The van der Waals surface area contributed by atoms with Gasteiger partial charge in [0.2, 0.25) is 0 Å². The van der Waals surface area contributed by atoms with Crippen LogP contribution in [-0.2, 0) is 43.2 Å². The Kier molecular flexibility index (Phi) is 15.2.